The number of rotatable bonds is 3. The highest BCUT2D eigenvalue weighted by molar-refractivity contribution is 6.40. The first kappa shape index (κ1) is 8.62. The summed E-state index contributed by atoms with van der Waals surface area (Å²) in [5.74, 6) is -2.37. The Kier molecular flexibility index (Phi) is 3.11. The van der Waals surface area contributed by atoms with Crippen LogP contribution in [0.15, 0.2) is 24.3 Å². The molecule has 0 aliphatic rings. The SMILES string of the molecule is C=C/C(=C/C)C(=O)C(=O)O. The first-order chi connectivity index (χ1) is 4.63. The van der Waals surface area contributed by atoms with E-state index in [1.807, 2.05) is 0 Å². The van der Waals surface area contributed by atoms with Crippen molar-refractivity contribution in [3.05, 3.63) is 24.3 Å². The van der Waals surface area contributed by atoms with Gasteiger partial charge in [-0.1, -0.05) is 18.7 Å². The predicted molar refractivity (Wildman–Crippen MR) is 36.6 cm³/mol. The summed E-state index contributed by atoms with van der Waals surface area (Å²) in [6, 6.07) is 0. The fourth-order valence-corrected chi connectivity index (χ4v) is 0.465. The second kappa shape index (κ2) is 3.61. The highest BCUT2D eigenvalue weighted by Crippen LogP contribution is 1.96. The summed E-state index contributed by atoms with van der Waals surface area (Å²) in [4.78, 5) is 20.6. The maximum Gasteiger partial charge on any atom is 0.377 e. The molecule has 1 N–H and O–H groups in total. The Morgan fingerprint density at radius 2 is 2.00 bits per heavy atom. The van der Waals surface area contributed by atoms with Gasteiger partial charge in [0.1, 0.15) is 0 Å². The Morgan fingerprint density at radius 1 is 1.50 bits per heavy atom. The van der Waals surface area contributed by atoms with E-state index in [0.29, 0.717) is 0 Å². The fraction of sp³-hybridized carbons (Fsp3) is 0.143. The van der Waals surface area contributed by atoms with Gasteiger partial charge < -0.3 is 5.11 Å². The van der Waals surface area contributed by atoms with Crippen LogP contribution < -0.4 is 0 Å². The van der Waals surface area contributed by atoms with E-state index < -0.39 is 11.8 Å². The molecule has 0 fully saturated rings. The third-order valence-electron chi connectivity index (χ3n) is 0.987. The normalized spacial score (nSPS) is 10.7. The molecule has 0 spiro atoms. The molecule has 3 heteroatoms. The van der Waals surface area contributed by atoms with Gasteiger partial charge in [-0.3, -0.25) is 4.79 Å². The van der Waals surface area contributed by atoms with E-state index in [9.17, 15) is 9.59 Å². The molecule has 0 bridgehead atoms. The van der Waals surface area contributed by atoms with Gasteiger partial charge in [-0.15, -0.1) is 0 Å². The lowest BCUT2D eigenvalue weighted by Gasteiger charge is -1.91. The fourth-order valence-electron chi connectivity index (χ4n) is 0.465. The zero-order chi connectivity index (χ0) is 8.15. The van der Waals surface area contributed by atoms with Crippen LogP contribution in [0.25, 0.3) is 0 Å². The third-order valence-corrected chi connectivity index (χ3v) is 0.987. The minimum atomic E-state index is -1.45. The number of carbonyl (C=O) groups is 2. The topological polar surface area (TPSA) is 54.4 Å². The number of carbonyl (C=O) groups excluding carboxylic acids is 1. The molecule has 54 valence electrons. The molecule has 0 aliphatic heterocycles. The first-order valence-corrected chi connectivity index (χ1v) is 2.69. The zero-order valence-corrected chi connectivity index (χ0v) is 5.63. The number of carboxylic acid groups (broad SMARTS) is 1. The van der Waals surface area contributed by atoms with Crippen molar-refractivity contribution in [2.24, 2.45) is 0 Å². The molecular formula is C7H8O3. The van der Waals surface area contributed by atoms with Crippen LogP contribution in [0.5, 0.6) is 0 Å². The van der Waals surface area contributed by atoms with Crippen molar-refractivity contribution in [3.8, 4) is 0 Å². The number of hydrogen-bond donors (Lipinski definition) is 1. The van der Waals surface area contributed by atoms with Crippen molar-refractivity contribution < 1.29 is 14.7 Å². The van der Waals surface area contributed by atoms with Crippen LogP contribution in [0.3, 0.4) is 0 Å². The van der Waals surface area contributed by atoms with E-state index in [2.05, 4.69) is 6.58 Å². The lowest BCUT2D eigenvalue weighted by Crippen LogP contribution is -2.13. The Labute approximate surface area is 58.7 Å². The molecule has 0 heterocycles. The van der Waals surface area contributed by atoms with Crippen LogP contribution in [-0.4, -0.2) is 16.9 Å². The minimum absolute atomic E-state index is 0.118. The number of hydrogen-bond acceptors (Lipinski definition) is 2. The van der Waals surface area contributed by atoms with Crippen molar-refractivity contribution in [1.29, 1.82) is 0 Å². The van der Waals surface area contributed by atoms with Crippen molar-refractivity contribution in [2.75, 3.05) is 0 Å². The van der Waals surface area contributed by atoms with Crippen LogP contribution >= 0.6 is 0 Å². The molecule has 0 radical (unpaired) electrons. The highest BCUT2D eigenvalue weighted by Gasteiger charge is 2.12. The Balaban J connectivity index is 4.48. The van der Waals surface area contributed by atoms with Gasteiger partial charge in [0, 0.05) is 5.57 Å². The van der Waals surface area contributed by atoms with Crippen LogP contribution in [0, 0.1) is 0 Å². The van der Waals surface area contributed by atoms with E-state index in [4.69, 9.17) is 5.11 Å². The van der Waals surface area contributed by atoms with Gasteiger partial charge in [0.2, 0.25) is 0 Å². The molecule has 0 aliphatic carbocycles. The first-order valence-electron chi connectivity index (χ1n) is 2.69. The number of Topliss-reactive ketones (excluding diaryl/α,β-unsaturated/α-hetero) is 1. The molecule has 0 amide bonds. The van der Waals surface area contributed by atoms with E-state index in [1.165, 1.54) is 12.2 Å². The average molecular weight is 140 g/mol. The summed E-state index contributed by atoms with van der Waals surface area (Å²) in [7, 11) is 0. The third kappa shape index (κ3) is 1.85. The van der Waals surface area contributed by atoms with E-state index in [0.717, 1.165) is 0 Å². The van der Waals surface area contributed by atoms with E-state index >= 15 is 0 Å². The van der Waals surface area contributed by atoms with Crippen LogP contribution in [0.2, 0.25) is 0 Å². The van der Waals surface area contributed by atoms with Crippen molar-refractivity contribution in [2.45, 2.75) is 6.92 Å². The summed E-state index contributed by atoms with van der Waals surface area (Å²) in [5.41, 5.74) is 0.118. The van der Waals surface area contributed by atoms with Gasteiger partial charge in [0.05, 0.1) is 0 Å². The summed E-state index contributed by atoms with van der Waals surface area (Å²) in [6.07, 6.45) is 2.62. The quantitative estimate of drug-likeness (QED) is 0.358. The standard InChI is InChI=1S/C7H8O3/c1-3-5(4-2)6(8)7(9)10/h3-4H,1H2,2H3,(H,9,10)/b5-4-. The lowest BCUT2D eigenvalue weighted by atomic mass is 10.1. The molecule has 10 heavy (non-hydrogen) atoms. The molecule has 0 aromatic carbocycles. The zero-order valence-electron chi connectivity index (χ0n) is 5.63. The Morgan fingerprint density at radius 3 is 2.10 bits per heavy atom. The number of allylic oxidation sites excluding steroid dienone is 2. The molecule has 3 nitrogen and oxygen atoms in total. The monoisotopic (exact) mass is 140 g/mol. The predicted octanol–water partition coefficient (Wildman–Crippen LogP) is 0.772. The van der Waals surface area contributed by atoms with Crippen molar-refractivity contribution >= 4 is 11.8 Å². The van der Waals surface area contributed by atoms with E-state index in [-0.39, 0.29) is 5.57 Å². The van der Waals surface area contributed by atoms with Gasteiger partial charge in [-0.05, 0) is 6.92 Å². The average Bonchev–Trinajstić information content (AvgIpc) is 1.90. The lowest BCUT2D eigenvalue weighted by molar-refractivity contribution is -0.147. The summed E-state index contributed by atoms with van der Waals surface area (Å²) >= 11 is 0. The minimum Gasteiger partial charge on any atom is -0.475 e. The molecule has 0 atom stereocenters. The number of ketones is 1. The van der Waals surface area contributed by atoms with Gasteiger partial charge in [0.25, 0.3) is 5.78 Å². The van der Waals surface area contributed by atoms with Gasteiger partial charge in [0.15, 0.2) is 0 Å². The largest absolute Gasteiger partial charge is 0.475 e. The van der Waals surface area contributed by atoms with Crippen molar-refractivity contribution in [1.82, 2.24) is 0 Å². The van der Waals surface area contributed by atoms with Gasteiger partial charge in [-0.25, -0.2) is 4.79 Å². The maximum atomic E-state index is 10.6. The summed E-state index contributed by atoms with van der Waals surface area (Å²) < 4.78 is 0. The molecule has 0 saturated heterocycles. The maximum absolute atomic E-state index is 10.6. The molecule has 0 rings (SSSR count). The Bertz CT molecular complexity index is 201. The van der Waals surface area contributed by atoms with Gasteiger partial charge in [-0.2, -0.15) is 0 Å². The molecule has 0 unspecified atom stereocenters. The van der Waals surface area contributed by atoms with E-state index in [1.54, 1.807) is 6.92 Å². The molecule has 0 aromatic heterocycles. The number of aliphatic carboxylic acids is 1. The summed E-state index contributed by atoms with van der Waals surface area (Å²) in [5, 5.41) is 8.18. The smallest absolute Gasteiger partial charge is 0.377 e. The highest BCUT2D eigenvalue weighted by atomic mass is 16.4. The second-order valence-corrected chi connectivity index (χ2v) is 1.58. The summed E-state index contributed by atoms with van der Waals surface area (Å²) in [6.45, 7) is 4.86. The second-order valence-electron chi connectivity index (χ2n) is 1.58. The molecular weight excluding hydrogens is 132 g/mol. The molecule has 0 aromatic rings. The van der Waals surface area contributed by atoms with Crippen molar-refractivity contribution in [3.63, 3.8) is 0 Å². The van der Waals surface area contributed by atoms with Crippen LogP contribution in [0.4, 0.5) is 0 Å². The van der Waals surface area contributed by atoms with Crippen LogP contribution in [0.1, 0.15) is 6.92 Å². The Hall–Kier alpha value is -1.38. The van der Waals surface area contributed by atoms with Gasteiger partial charge >= 0.3 is 5.97 Å². The number of carboxylic acids is 1. The molecule has 0 saturated carbocycles. The van der Waals surface area contributed by atoms with Crippen LogP contribution in [-0.2, 0) is 9.59 Å².